The average molecular weight is 380 g/mol. The lowest BCUT2D eigenvalue weighted by Gasteiger charge is -2.09. The SMILES string of the molecule is Clc1cc(Cl)c(OCc2nc(Cl)c3ccsc3n2)c(Cl)c1. The molecular weight excluding hydrogens is 374 g/mol. The molecule has 0 aliphatic heterocycles. The van der Waals surface area contributed by atoms with Gasteiger partial charge in [-0.1, -0.05) is 46.4 Å². The molecule has 0 bridgehead atoms. The zero-order valence-electron chi connectivity index (χ0n) is 10.2. The van der Waals surface area contributed by atoms with E-state index in [1.165, 1.54) is 11.3 Å². The standard InChI is InChI=1S/C13H6Cl4N2OS/c14-6-3-8(15)11(9(16)4-6)20-5-10-18-12(17)7-1-2-21-13(7)19-10/h1-4H,5H2. The van der Waals surface area contributed by atoms with Crippen molar-refractivity contribution >= 4 is 68.0 Å². The van der Waals surface area contributed by atoms with Crippen LogP contribution in [0.3, 0.4) is 0 Å². The number of hydrogen-bond donors (Lipinski definition) is 0. The van der Waals surface area contributed by atoms with Crippen LogP contribution in [0.2, 0.25) is 20.2 Å². The molecule has 0 fully saturated rings. The van der Waals surface area contributed by atoms with Gasteiger partial charge in [0.25, 0.3) is 0 Å². The van der Waals surface area contributed by atoms with Gasteiger partial charge in [0.05, 0.1) is 10.0 Å². The highest BCUT2D eigenvalue weighted by Gasteiger charge is 2.12. The molecule has 2 heterocycles. The molecule has 3 rings (SSSR count). The minimum Gasteiger partial charge on any atom is -0.482 e. The van der Waals surface area contributed by atoms with Gasteiger partial charge in [0.15, 0.2) is 11.6 Å². The molecule has 0 unspecified atom stereocenters. The van der Waals surface area contributed by atoms with Crippen LogP contribution in [-0.4, -0.2) is 9.97 Å². The van der Waals surface area contributed by atoms with Crippen molar-refractivity contribution in [1.82, 2.24) is 9.97 Å². The maximum atomic E-state index is 6.10. The summed E-state index contributed by atoms with van der Waals surface area (Å²) in [6, 6.07) is 4.99. The van der Waals surface area contributed by atoms with Gasteiger partial charge in [0, 0.05) is 10.4 Å². The van der Waals surface area contributed by atoms with Crippen LogP contribution in [0, 0.1) is 0 Å². The van der Waals surface area contributed by atoms with Crippen LogP contribution in [0.15, 0.2) is 23.6 Å². The van der Waals surface area contributed by atoms with E-state index < -0.39 is 0 Å². The second kappa shape index (κ2) is 6.15. The summed E-state index contributed by atoms with van der Waals surface area (Å²) in [6.07, 6.45) is 0. The molecule has 0 atom stereocenters. The maximum Gasteiger partial charge on any atom is 0.169 e. The number of aromatic nitrogens is 2. The van der Waals surface area contributed by atoms with Gasteiger partial charge < -0.3 is 4.74 Å². The van der Waals surface area contributed by atoms with Crippen molar-refractivity contribution in [3.63, 3.8) is 0 Å². The summed E-state index contributed by atoms with van der Waals surface area (Å²) >= 11 is 25.5. The summed E-state index contributed by atoms with van der Waals surface area (Å²) in [7, 11) is 0. The Morgan fingerprint density at radius 2 is 1.76 bits per heavy atom. The van der Waals surface area contributed by atoms with E-state index in [-0.39, 0.29) is 6.61 Å². The van der Waals surface area contributed by atoms with Crippen LogP contribution in [0.25, 0.3) is 10.2 Å². The first kappa shape index (κ1) is 15.1. The van der Waals surface area contributed by atoms with Crippen molar-refractivity contribution < 1.29 is 4.74 Å². The number of halogens is 4. The molecule has 0 spiro atoms. The first-order valence-electron chi connectivity index (χ1n) is 5.71. The minimum absolute atomic E-state index is 0.106. The highest BCUT2D eigenvalue weighted by atomic mass is 35.5. The van der Waals surface area contributed by atoms with E-state index in [4.69, 9.17) is 51.1 Å². The van der Waals surface area contributed by atoms with Gasteiger partial charge >= 0.3 is 0 Å². The number of rotatable bonds is 3. The van der Waals surface area contributed by atoms with E-state index in [0.717, 1.165) is 10.2 Å². The van der Waals surface area contributed by atoms with Crippen molar-refractivity contribution in [2.24, 2.45) is 0 Å². The van der Waals surface area contributed by atoms with Crippen molar-refractivity contribution in [2.45, 2.75) is 6.61 Å². The van der Waals surface area contributed by atoms with Crippen LogP contribution in [0.5, 0.6) is 5.75 Å². The molecule has 3 aromatic rings. The Bertz CT molecular complexity index is 798. The number of thiophene rings is 1. The van der Waals surface area contributed by atoms with Gasteiger partial charge in [0.2, 0.25) is 0 Å². The Kier molecular flexibility index (Phi) is 4.43. The van der Waals surface area contributed by atoms with Crippen LogP contribution in [0.4, 0.5) is 0 Å². The van der Waals surface area contributed by atoms with Gasteiger partial charge in [-0.2, -0.15) is 0 Å². The molecule has 0 aliphatic rings. The van der Waals surface area contributed by atoms with Crippen molar-refractivity contribution in [3.05, 3.63) is 49.6 Å². The summed E-state index contributed by atoms with van der Waals surface area (Å²) in [5, 5.41) is 4.23. The fourth-order valence-electron chi connectivity index (χ4n) is 1.73. The Hall–Kier alpha value is -0.780. The minimum atomic E-state index is 0.106. The van der Waals surface area contributed by atoms with Gasteiger partial charge in [-0.25, -0.2) is 9.97 Å². The topological polar surface area (TPSA) is 35.0 Å². The molecule has 0 aliphatic carbocycles. The Morgan fingerprint density at radius 3 is 2.48 bits per heavy atom. The summed E-state index contributed by atoms with van der Waals surface area (Å²) in [5.74, 6) is 0.797. The van der Waals surface area contributed by atoms with E-state index in [1.54, 1.807) is 12.1 Å². The first-order valence-corrected chi connectivity index (χ1v) is 8.10. The average Bonchev–Trinajstić information content (AvgIpc) is 2.86. The largest absolute Gasteiger partial charge is 0.482 e. The number of benzene rings is 1. The Morgan fingerprint density at radius 1 is 1.05 bits per heavy atom. The lowest BCUT2D eigenvalue weighted by atomic mass is 10.3. The van der Waals surface area contributed by atoms with E-state index in [9.17, 15) is 0 Å². The number of nitrogens with zero attached hydrogens (tertiary/aromatic N) is 2. The molecule has 3 nitrogen and oxygen atoms in total. The van der Waals surface area contributed by atoms with E-state index in [1.807, 2.05) is 11.4 Å². The summed E-state index contributed by atoms with van der Waals surface area (Å²) in [6.45, 7) is 0.106. The third-order valence-electron chi connectivity index (χ3n) is 2.63. The number of fused-ring (bicyclic) bond motifs is 1. The van der Waals surface area contributed by atoms with Gasteiger partial charge in [-0.05, 0) is 23.6 Å². The predicted molar refractivity (Wildman–Crippen MR) is 88.2 cm³/mol. The lowest BCUT2D eigenvalue weighted by Crippen LogP contribution is -2.02. The van der Waals surface area contributed by atoms with Crippen LogP contribution < -0.4 is 4.74 Å². The molecule has 0 amide bonds. The monoisotopic (exact) mass is 378 g/mol. The molecule has 21 heavy (non-hydrogen) atoms. The molecule has 108 valence electrons. The van der Waals surface area contributed by atoms with Gasteiger partial charge in [-0.15, -0.1) is 11.3 Å². The quantitative estimate of drug-likeness (QED) is 0.532. The van der Waals surface area contributed by atoms with Crippen LogP contribution in [0.1, 0.15) is 5.82 Å². The van der Waals surface area contributed by atoms with E-state index in [2.05, 4.69) is 9.97 Å². The first-order chi connectivity index (χ1) is 10.0. The van der Waals surface area contributed by atoms with Crippen LogP contribution in [-0.2, 0) is 6.61 Å². The van der Waals surface area contributed by atoms with Crippen molar-refractivity contribution in [2.75, 3.05) is 0 Å². The summed E-state index contributed by atoms with van der Waals surface area (Å²) in [5.41, 5.74) is 0. The van der Waals surface area contributed by atoms with Gasteiger partial charge in [0.1, 0.15) is 16.6 Å². The molecule has 0 radical (unpaired) electrons. The highest BCUT2D eigenvalue weighted by molar-refractivity contribution is 7.16. The third-order valence-corrected chi connectivity index (χ3v) is 4.51. The molecule has 1 aromatic carbocycles. The Labute approximate surface area is 144 Å². The van der Waals surface area contributed by atoms with Crippen molar-refractivity contribution in [1.29, 1.82) is 0 Å². The zero-order chi connectivity index (χ0) is 15.0. The van der Waals surface area contributed by atoms with Gasteiger partial charge in [-0.3, -0.25) is 0 Å². The van der Waals surface area contributed by atoms with E-state index >= 15 is 0 Å². The molecule has 2 aromatic heterocycles. The fraction of sp³-hybridized carbons (Fsp3) is 0.0769. The molecule has 8 heteroatoms. The maximum absolute atomic E-state index is 6.10. The predicted octanol–water partition coefficient (Wildman–Crippen LogP) is 5.88. The normalized spacial score (nSPS) is 11.0. The Balaban J connectivity index is 1.86. The lowest BCUT2D eigenvalue weighted by molar-refractivity contribution is 0.297. The third kappa shape index (κ3) is 3.20. The second-order valence-corrected chi connectivity index (χ2v) is 6.56. The highest BCUT2D eigenvalue weighted by Crippen LogP contribution is 2.36. The molecule has 0 N–H and O–H groups in total. The number of ether oxygens (including phenoxy) is 1. The zero-order valence-corrected chi connectivity index (χ0v) is 14.1. The van der Waals surface area contributed by atoms with Crippen LogP contribution >= 0.6 is 57.7 Å². The summed E-state index contributed by atoms with van der Waals surface area (Å²) in [4.78, 5) is 9.37. The molecular formula is C13H6Cl4N2OS. The molecule has 0 saturated carbocycles. The summed E-state index contributed by atoms with van der Waals surface area (Å²) < 4.78 is 5.59. The fourth-order valence-corrected chi connectivity index (χ4v) is 3.74. The smallest absolute Gasteiger partial charge is 0.169 e. The number of hydrogen-bond acceptors (Lipinski definition) is 4. The molecule has 0 saturated heterocycles. The van der Waals surface area contributed by atoms with Crippen molar-refractivity contribution in [3.8, 4) is 5.75 Å². The second-order valence-electron chi connectivity index (χ2n) is 4.06. The van der Waals surface area contributed by atoms with E-state index in [0.29, 0.717) is 31.8 Å².